The van der Waals surface area contributed by atoms with Gasteiger partial charge in [0.25, 0.3) is 5.91 Å². The molecule has 1 fully saturated rings. The maximum Gasteiger partial charge on any atom is 0.257 e. The predicted molar refractivity (Wildman–Crippen MR) is 122 cm³/mol. The van der Waals surface area contributed by atoms with Crippen LogP contribution in [0.4, 0.5) is 0 Å². The molecule has 6 heteroatoms. The molecule has 5 rings (SSSR count). The van der Waals surface area contributed by atoms with Crippen LogP contribution in [0.25, 0.3) is 10.6 Å². The Hall–Kier alpha value is -3.22. The first kappa shape index (κ1) is 19.7. The highest BCUT2D eigenvalue weighted by Gasteiger charge is 2.29. The zero-order valence-electron chi connectivity index (χ0n) is 17.1. The van der Waals surface area contributed by atoms with Crippen molar-refractivity contribution in [2.24, 2.45) is 0 Å². The van der Waals surface area contributed by atoms with Crippen LogP contribution in [-0.4, -0.2) is 40.3 Å². The third-order valence-corrected chi connectivity index (χ3v) is 6.34. The molecule has 4 aromatic rings. The summed E-state index contributed by atoms with van der Waals surface area (Å²) in [6.07, 6.45) is 1.78. The molecule has 1 atom stereocenters. The molecule has 0 saturated carbocycles. The van der Waals surface area contributed by atoms with Crippen molar-refractivity contribution in [1.29, 1.82) is 0 Å². The molecule has 0 spiro atoms. The average Bonchev–Trinajstić information content (AvgIpc) is 3.50. The van der Waals surface area contributed by atoms with Crippen molar-refractivity contribution >= 4 is 17.2 Å². The molecule has 1 aliphatic rings. The molecule has 1 saturated heterocycles. The zero-order valence-corrected chi connectivity index (χ0v) is 17.9. The van der Waals surface area contributed by atoms with Gasteiger partial charge in [-0.05, 0) is 22.6 Å². The molecular formula is C25H23N3O2S. The Balaban J connectivity index is 1.43. The lowest BCUT2D eigenvalue weighted by Gasteiger charge is -2.33. The van der Waals surface area contributed by atoms with Gasteiger partial charge in [-0.25, -0.2) is 0 Å². The van der Waals surface area contributed by atoms with Crippen LogP contribution < -0.4 is 0 Å². The fourth-order valence-corrected chi connectivity index (χ4v) is 4.62. The van der Waals surface area contributed by atoms with Crippen LogP contribution in [-0.2, 0) is 11.3 Å². The summed E-state index contributed by atoms with van der Waals surface area (Å²) in [4.78, 5) is 16.5. The fourth-order valence-electron chi connectivity index (χ4n) is 3.90. The maximum atomic E-state index is 13.6. The van der Waals surface area contributed by atoms with E-state index < -0.39 is 0 Å². The molecule has 0 bridgehead atoms. The number of benzene rings is 2. The van der Waals surface area contributed by atoms with Crippen LogP contribution in [0.1, 0.15) is 27.6 Å². The highest BCUT2D eigenvalue weighted by Crippen LogP contribution is 2.29. The monoisotopic (exact) mass is 429 g/mol. The van der Waals surface area contributed by atoms with Gasteiger partial charge >= 0.3 is 0 Å². The Labute approximate surface area is 185 Å². The van der Waals surface area contributed by atoms with Crippen molar-refractivity contribution in [3.05, 3.63) is 101 Å². The molecule has 2 aromatic heterocycles. The Morgan fingerprint density at radius 3 is 2.55 bits per heavy atom. The van der Waals surface area contributed by atoms with E-state index in [9.17, 15) is 4.79 Å². The van der Waals surface area contributed by atoms with Gasteiger partial charge in [0.1, 0.15) is 11.8 Å². The van der Waals surface area contributed by atoms with Crippen molar-refractivity contribution in [3.63, 3.8) is 0 Å². The van der Waals surface area contributed by atoms with E-state index in [2.05, 4.69) is 12.1 Å². The summed E-state index contributed by atoms with van der Waals surface area (Å²) in [5, 5.41) is 6.80. The molecule has 0 N–H and O–H groups in total. The number of rotatable bonds is 5. The number of ether oxygens (including phenoxy) is 1. The van der Waals surface area contributed by atoms with Crippen molar-refractivity contribution in [2.75, 3.05) is 19.7 Å². The van der Waals surface area contributed by atoms with E-state index >= 15 is 0 Å². The van der Waals surface area contributed by atoms with Gasteiger partial charge < -0.3 is 9.64 Å². The molecule has 0 unspecified atom stereocenters. The summed E-state index contributed by atoms with van der Waals surface area (Å²) < 4.78 is 7.82. The molecular weight excluding hydrogens is 406 g/mol. The molecule has 0 radical (unpaired) electrons. The van der Waals surface area contributed by atoms with Crippen LogP contribution in [0.2, 0.25) is 0 Å². The van der Waals surface area contributed by atoms with E-state index in [1.54, 1.807) is 11.3 Å². The minimum Gasteiger partial charge on any atom is -0.370 e. The number of carbonyl (C=O) groups excluding carboxylic acids is 1. The first-order chi connectivity index (χ1) is 15.3. The summed E-state index contributed by atoms with van der Waals surface area (Å²) in [6.45, 7) is 2.27. The summed E-state index contributed by atoms with van der Waals surface area (Å²) in [5.74, 6) is 0.00643. The van der Waals surface area contributed by atoms with Crippen molar-refractivity contribution < 1.29 is 9.53 Å². The third kappa shape index (κ3) is 4.31. The normalized spacial score (nSPS) is 16.4. The van der Waals surface area contributed by atoms with Crippen LogP contribution in [0, 0.1) is 0 Å². The number of thiophene rings is 1. The Bertz CT molecular complexity index is 1140. The quantitative estimate of drug-likeness (QED) is 0.455. The highest BCUT2D eigenvalue weighted by molar-refractivity contribution is 7.13. The Morgan fingerprint density at radius 1 is 1.03 bits per heavy atom. The van der Waals surface area contributed by atoms with Crippen molar-refractivity contribution in [3.8, 4) is 10.6 Å². The van der Waals surface area contributed by atoms with Gasteiger partial charge in [-0.2, -0.15) is 5.10 Å². The number of nitrogens with zero attached hydrogens (tertiary/aromatic N) is 3. The van der Waals surface area contributed by atoms with E-state index in [1.807, 2.05) is 81.8 Å². The topological polar surface area (TPSA) is 47.4 Å². The number of aromatic nitrogens is 2. The molecule has 156 valence electrons. The molecule has 1 aliphatic heterocycles. The summed E-state index contributed by atoms with van der Waals surface area (Å²) in [5.41, 5.74) is 3.64. The lowest BCUT2D eigenvalue weighted by Crippen LogP contribution is -2.42. The van der Waals surface area contributed by atoms with Gasteiger partial charge in [0.2, 0.25) is 0 Å². The van der Waals surface area contributed by atoms with Crippen molar-refractivity contribution in [2.45, 2.75) is 12.6 Å². The largest absolute Gasteiger partial charge is 0.370 e. The zero-order chi connectivity index (χ0) is 21.0. The lowest BCUT2D eigenvalue weighted by molar-refractivity contribution is -0.0228. The second-order valence-corrected chi connectivity index (χ2v) is 8.52. The van der Waals surface area contributed by atoms with E-state index in [4.69, 9.17) is 9.84 Å². The van der Waals surface area contributed by atoms with Crippen LogP contribution in [0.5, 0.6) is 0 Å². The standard InChI is InChI=1S/C25H23N3O2S/c29-25(27-13-14-30-22(18-27)20-10-5-2-6-11-20)21-17-28(16-19-8-3-1-4-9-19)26-24(21)23-12-7-15-31-23/h1-12,15,17,22H,13-14,16,18H2/t22-/m0/s1. The van der Waals surface area contributed by atoms with E-state index in [-0.39, 0.29) is 12.0 Å². The molecule has 0 aliphatic carbocycles. The lowest BCUT2D eigenvalue weighted by atomic mass is 10.1. The third-order valence-electron chi connectivity index (χ3n) is 5.46. The van der Waals surface area contributed by atoms with E-state index in [0.717, 1.165) is 21.7 Å². The van der Waals surface area contributed by atoms with Gasteiger partial charge in [0.15, 0.2) is 0 Å². The first-order valence-electron chi connectivity index (χ1n) is 10.4. The van der Waals surface area contributed by atoms with Crippen LogP contribution >= 0.6 is 11.3 Å². The van der Waals surface area contributed by atoms with Gasteiger partial charge in [0.05, 0.1) is 30.1 Å². The molecule has 31 heavy (non-hydrogen) atoms. The minimum atomic E-state index is -0.108. The number of hydrogen-bond acceptors (Lipinski definition) is 4. The number of amides is 1. The van der Waals surface area contributed by atoms with Gasteiger partial charge in [-0.15, -0.1) is 11.3 Å². The Morgan fingerprint density at radius 2 is 1.81 bits per heavy atom. The summed E-state index contributed by atoms with van der Waals surface area (Å²) >= 11 is 1.60. The molecule has 1 amide bonds. The smallest absolute Gasteiger partial charge is 0.257 e. The maximum absolute atomic E-state index is 13.6. The van der Waals surface area contributed by atoms with E-state index in [1.165, 1.54) is 0 Å². The number of morpholine rings is 1. The second-order valence-electron chi connectivity index (χ2n) is 7.57. The number of carbonyl (C=O) groups is 1. The van der Waals surface area contributed by atoms with Gasteiger partial charge in [-0.1, -0.05) is 66.7 Å². The highest BCUT2D eigenvalue weighted by atomic mass is 32.1. The molecule has 5 nitrogen and oxygen atoms in total. The predicted octanol–water partition coefficient (Wildman–Crippen LogP) is 4.87. The van der Waals surface area contributed by atoms with Crippen molar-refractivity contribution in [1.82, 2.24) is 14.7 Å². The molecule has 2 aromatic carbocycles. The Kier molecular flexibility index (Phi) is 5.65. The van der Waals surface area contributed by atoms with Gasteiger partial charge in [-0.3, -0.25) is 9.48 Å². The molecule has 3 heterocycles. The van der Waals surface area contributed by atoms with Crippen LogP contribution in [0.3, 0.4) is 0 Å². The van der Waals surface area contributed by atoms with E-state index in [0.29, 0.717) is 31.8 Å². The fraction of sp³-hybridized carbons (Fsp3) is 0.200. The SMILES string of the molecule is O=C(c1cn(Cc2ccccc2)nc1-c1cccs1)N1CCO[C@H](c2ccccc2)C1. The second kappa shape index (κ2) is 8.88. The average molecular weight is 430 g/mol. The van der Waals surface area contributed by atoms with Gasteiger partial charge in [0, 0.05) is 12.7 Å². The number of hydrogen-bond donors (Lipinski definition) is 0. The summed E-state index contributed by atoms with van der Waals surface area (Å²) in [7, 11) is 0. The minimum absolute atomic E-state index is 0.00643. The first-order valence-corrected chi connectivity index (χ1v) is 11.3. The summed E-state index contributed by atoms with van der Waals surface area (Å²) in [6, 6.07) is 24.3. The van der Waals surface area contributed by atoms with Crippen LogP contribution in [0.15, 0.2) is 84.4 Å².